The molecule has 5 heteroatoms. The fourth-order valence-electron chi connectivity index (χ4n) is 2.41. The summed E-state index contributed by atoms with van der Waals surface area (Å²) in [6.45, 7) is 2.48. The van der Waals surface area contributed by atoms with Crippen molar-refractivity contribution in [2.45, 2.75) is 57.5 Å². The average Bonchev–Trinajstić information content (AvgIpc) is 3.17. The lowest BCUT2D eigenvalue weighted by Gasteiger charge is -2.22. The molecule has 0 radical (unpaired) electrons. The highest BCUT2D eigenvalue weighted by Crippen LogP contribution is 2.35. The molecule has 18 heavy (non-hydrogen) atoms. The van der Waals surface area contributed by atoms with Gasteiger partial charge in [-0.1, -0.05) is 13.3 Å². The van der Waals surface area contributed by atoms with Crippen LogP contribution in [0.15, 0.2) is 0 Å². The van der Waals surface area contributed by atoms with Crippen LogP contribution < -0.4 is 5.32 Å². The third-order valence-electron chi connectivity index (χ3n) is 3.71. The summed E-state index contributed by atoms with van der Waals surface area (Å²) in [5.74, 6) is -0.205. The third kappa shape index (κ3) is 3.62. The summed E-state index contributed by atoms with van der Waals surface area (Å²) in [6, 6.07) is 0.526. The van der Waals surface area contributed by atoms with Gasteiger partial charge in [-0.3, -0.25) is 4.79 Å². The Hall–Kier alpha value is -1.26. The van der Waals surface area contributed by atoms with E-state index in [4.69, 9.17) is 5.11 Å². The van der Waals surface area contributed by atoms with E-state index in [1.165, 1.54) is 6.42 Å². The van der Waals surface area contributed by atoms with Gasteiger partial charge in [0, 0.05) is 18.6 Å². The summed E-state index contributed by atoms with van der Waals surface area (Å²) < 4.78 is 0. The van der Waals surface area contributed by atoms with E-state index in [0.29, 0.717) is 18.5 Å². The molecule has 0 spiro atoms. The number of nitrogens with one attached hydrogen (secondary N) is 1. The summed E-state index contributed by atoms with van der Waals surface area (Å²) in [5.41, 5.74) is 0. The van der Waals surface area contributed by atoms with Crippen molar-refractivity contribution in [3.05, 3.63) is 0 Å². The Morgan fingerprint density at radius 2 is 2.11 bits per heavy atom. The predicted molar refractivity (Wildman–Crippen MR) is 67.3 cm³/mol. The van der Waals surface area contributed by atoms with Crippen molar-refractivity contribution in [1.29, 1.82) is 0 Å². The minimum Gasteiger partial charge on any atom is -0.481 e. The molecule has 0 aromatic carbocycles. The largest absolute Gasteiger partial charge is 0.481 e. The maximum Gasteiger partial charge on any atom is 0.317 e. The zero-order chi connectivity index (χ0) is 13.1. The van der Waals surface area contributed by atoms with Gasteiger partial charge in [0.2, 0.25) is 0 Å². The normalized spacial score (nSPS) is 25.6. The zero-order valence-corrected chi connectivity index (χ0v) is 10.9. The van der Waals surface area contributed by atoms with Crippen LogP contribution in [0, 0.1) is 5.92 Å². The Bertz CT molecular complexity index is 328. The number of nitrogens with zero attached hydrogens (tertiary/aromatic N) is 1. The van der Waals surface area contributed by atoms with Crippen LogP contribution >= 0.6 is 0 Å². The molecule has 2 rings (SSSR count). The van der Waals surface area contributed by atoms with Gasteiger partial charge in [-0.15, -0.1) is 0 Å². The minimum atomic E-state index is -0.844. The number of hydrogen-bond donors (Lipinski definition) is 2. The predicted octanol–water partition coefficient (Wildman–Crippen LogP) is 1.82. The van der Waals surface area contributed by atoms with Crippen molar-refractivity contribution in [3.63, 3.8) is 0 Å². The van der Waals surface area contributed by atoms with Gasteiger partial charge in [-0.05, 0) is 31.6 Å². The van der Waals surface area contributed by atoms with E-state index in [1.807, 2.05) is 0 Å². The molecule has 2 aliphatic rings. The zero-order valence-electron chi connectivity index (χ0n) is 10.9. The second-order valence-corrected chi connectivity index (χ2v) is 5.41. The SMILES string of the molecule is CCCC1CC1NC(=O)N(CCC(=O)O)C1CC1. The van der Waals surface area contributed by atoms with E-state index in [-0.39, 0.29) is 18.5 Å². The number of carbonyl (C=O) groups excluding carboxylic acids is 1. The number of carbonyl (C=O) groups is 2. The first kappa shape index (κ1) is 13.2. The fraction of sp³-hybridized carbons (Fsp3) is 0.846. The van der Waals surface area contributed by atoms with Crippen molar-refractivity contribution >= 4 is 12.0 Å². The Labute approximate surface area is 108 Å². The van der Waals surface area contributed by atoms with Crippen LogP contribution in [0.4, 0.5) is 4.79 Å². The lowest BCUT2D eigenvalue weighted by molar-refractivity contribution is -0.137. The van der Waals surface area contributed by atoms with Crippen molar-refractivity contribution in [2.24, 2.45) is 5.92 Å². The molecule has 2 saturated carbocycles. The topological polar surface area (TPSA) is 69.6 Å². The molecule has 0 aliphatic heterocycles. The van der Waals surface area contributed by atoms with Crippen molar-refractivity contribution < 1.29 is 14.7 Å². The number of urea groups is 1. The van der Waals surface area contributed by atoms with Gasteiger partial charge in [0.15, 0.2) is 0 Å². The smallest absolute Gasteiger partial charge is 0.317 e. The molecule has 102 valence electrons. The van der Waals surface area contributed by atoms with Gasteiger partial charge in [-0.25, -0.2) is 4.79 Å². The Morgan fingerprint density at radius 1 is 1.39 bits per heavy atom. The monoisotopic (exact) mass is 254 g/mol. The minimum absolute atomic E-state index is 0.0347. The Morgan fingerprint density at radius 3 is 2.67 bits per heavy atom. The molecule has 2 amide bonds. The highest BCUT2D eigenvalue weighted by Gasteiger charge is 2.40. The first-order chi connectivity index (χ1) is 8.61. The molecule has 0 bridgehead atoms. The van der Waals surface area contributed by atoms with Gasteiger partial charge in [0.05, 0.1) is 6.42 Å². The first-order valence-electron chi connectivity index (χ1n) is 6.90. The standard InChI is InChI=1S/C13H22N2O3/c1-2-3-9-8-11(9)14-13(18)15(10-4-5-10)7-6-12(16)17/h9-11H,2-8H2,1H3,(H,14,18)(H,16,17). The molecule has 2 unspecified atom stereocenters. The molecule has 2 atom stereocenters. The van der Waals surface area contributed by atoms with E-state index >= 15 is 0 Å². The van der Waals surface area contributed by atoms with Gasteiger partial charge in [0.25, 0.3) is 0 Å². The lowest BCUT2D eigenvalue weighted by atomic mass is 10.2. The van der Waals surface area contributed by atoms with Crippen molar-refractivity contribution in [3.8, 4) is 0 Å². The van der Waals surface area contributed by atoms with E-state index in [0.717, 1.165) is 25.7 Å². The van der Waals surface area contributed by atoms with Crippen LogP contribution in [0.1, 0.15) is 45.4 Å². The summed E-state index contributed by atoms with van der Waals surface area (Å²) in [6.07, 6.45) is 5.46. The highest BCUT2D eigenvalue weighted by atomic mass is 16.4. The number of hydrogen-bond acceptors (Lipinski definition) is 2. The summed E-state index contributed by atoms with van der Waals surface area (Å²) in [4.78, 5) is 24.3. The van der Waals surface area contributed by atoms with E-state index in [9.17, 15) is 9.59 Å². The molecular weight excluding hydrogens is 232 g/mol. The molecule has 0 saturated heterocycles. The fourth-order valence-corrected chi connectivity index (χ4v) is 2.41. The van der Waals surface area contributed by atoms with Crippen molar-refractivity contribution in [2.75, 3.05) is 6.54 Å². The van der Waals surface area contributed by atoms with E-state index < -0.39 is 5.97 Å². The molecule has 5 nitrogen and oxygen atoms in total. The molecule has 2 N–H and O–H groups in total. The number of amides is 2. The van der Waals surface area contributed by atoms with Gasteiger partial charge >= 0.3 is 12.0 Å². The van der Waals surface area contributed by atoms with Crippen molar-refractivity contribution in [1.82, 2.24) is 10.2 Å². The number of carboxylic acid groups (broad SMARTS) is 1. The molecule has 2 aliphatic carbocycles. The van der Waals surface area contributed by atoms with Crippen LogP contribution in [0.25, 0.3) is 0 Å². The van der Waals surface area contributed by atoms with Crippen LogP contribution in [0.5, 0.6) is 0 Å². The average molecular weight is 254 g/mol. The number of aliphatic carboxylic acids is 1. The summed E-state index contributed by atoms with van der Waals surface area (Å²) in [7, 11) is 0. The molecule has 0 heterocycles. The molecule has 0 aromatic rings. The van der Waals surface area contributed by atoms with Gasteiger partial charge < -0.3 is 15.3 Å². The van der Waals surface area contributed by atoms with E-state index in [2.05, 4.69) is 12.2 Å². The lowest BCUT2D eigenvalue weighted by Crippen LogP contribution is -2.43. The van der Waals surface area contributed by atoms with Crippen LogP contribution in [0.3, 0.4) is 0 Å². The summed E-state index contributed by atoms with van der Waals surface area (Å²) >= 11 is 0. The second-order valence-electron chi connectivity index (χ2n) is 5.41. The maximum absolute atomic E-state index is 12.1. The third-order valence-corrected chi connectivity index (χ3v) is 3.71. The van der Waals surface area contributed by atoms with Crippen LogP contribution in [-0.4, -0.2) is 40.6 Å². The van der Waals surface area contributed by atoms with E-state index in [1.54, 1.807) is 4.90 Å². The number of carboxylic acids is 1. The molecule has 0 aromatic heterocycles. The first-order valence-corrected chi connectivity index (χ1v) is 6.90. The highest BCUT2D eigenvalue weighted by molar-refractivity contribution is 5.76. The van der Waals surface area contributed by atoms with Gasteiger partial charge in [-0.2, -0.15) is 0 Å². The Balaban J connectivity index is 1.76. The summed E-state index contributed by atoms with van der Waals surface area (Å²) in [5, 5.41) is 11.7. The van der Waals surface area contributed by atoms with Crippen LogP contribution in [0.2, 0.25) is 0 Å². The maximum atomic E-state index is 12.1. The Kier molecular flexibility index (Phi) is 4.09. The molecular formula is C13H22N2O3. The second kappa shape index (κ2) is 5.59. The van der Waals surface area contributed by atoms with Gasteiger partial charge in [0.1, 0.15) is 0 Å². The quantitative estimate of drug-likeness (QED) is 0.728. The van der Waals surface area contributed by atoms with Crippen LogP contribution in [-0.2, 0) is 4.79 Å². The molecule has 2 fully saturated rings. The number of rotatable bonds is 7.